The maximum absolute atomic E-state index is 12.0. The van der Waals surface area contributed by atoms with E-state index in [2.05, 4.69) is 0 Å². The Morgan fingerprint density at radius 3 is 2.64 bits per heavy atom. The number of ether oxygens (including phenoxy) is 1. The summed E-state index contributed by atoms with van der Waals surface area (Å²) in [5.41, 5.74) is 0.676. The number of rotatable bonds is 3. The van der Waals surface area contributed by atoms with Crippen LogP contribution in [0, 0.1) is 5.92 Å². The molecule has 1 atom stereocenters. The molecule has 1 aromatic rings. The van der Waals surface area contributed by atoms with Crippen LogP contribution in [0.1, 0.15) is 43.1 Å². The lowest BCUT2D eigenvalue weighted by Gasteiger charge is -2.24. The Balaban J connectivity index is 1.97. The molecule has 1 heterocycles. The van der Waals surface area contributed by atoms with Gasteiger partial charge in [0, 0.05) is 13.1 Å². The molecule has 0 saturated carbocycles. The SMILES string of the molecule is CC(C)(C)OC(=O)N1CCC(Cc2ccccc2C(=O)O)C1. The molecule has 1 aliphatic heterocycles. The van der Waals surface area contributed by atoms with Gasteiger partial charge in [-0.25, -0.2) is 9.59 Å². The highest BCUT2D eigenvalue weighted by molar-refractivity contribution is 5.89. The van der Waals surface area contributed by atoms with Crippen LogP contribution in [-0.4, -0.2) is 40.8 Å². The van der Waals surface area contributed by atoms with Crippen molar-refractivity contribution in [1.82, 2.24) is 4.90 Å². The first-order valence-electron chi connectivity index (χ1n) is 7.55. The van der Waals surface area contributed by atoms with Crippen molar-refractivity contribution in [2.45, 2.75) is 39.2 Å². The van der Waals surface area contributed by atoms with Crippen LogP contribution < -0.4 is 0 Å². The Bertz CT molecular complexity index is 562. The van der Waals surface area contributed by atoms with E-state index in [4.69, 9.17) is 4.74 Å². The van der Waals surface area contributed by atoms with Crippen LogP contribution in [0.15, 0.2) is 24.3 Å². The topological polar surface area (TPSA) is 66.8 Å². The molecule has 0 aliphatic carbocycles. The van der Waals surface area contributed by atoms with Gasteiger partial charge < -0.3 is 14.7 Å². The molecule has 1 amide bonds. The molecule has 1 N–H and O–H groups in total. The number of aromatic carboxylic acids is 1. The number of nitrogens with zero attached hydrogens (tertiary/aromatic N) is 1. The van der Waals surface area contributed by atoms with Gasteiger partial charge in [0.1, 0.15) is 5.60 Å². The van der Waals surface area contributed by atoms with E-state index in [-0.39, 0.29) is 12.0 Å². The van der Waals surface area contributed by atoms with Crippen molar-refractivity contribution in [3.63, 3.8) is 0 Å². The molecule has 1 saturated heterocycles. The van der Waals surface area contributed by atoms with E-state index in [1.807, 2.05) is 32.9 Å². The van der Waals surface area contributed by atoms with Gasteiger partial charge in [-0.05, 0) is 51.2 Å². The quantitative estimate of drug-likeness (QED) is 0.931. The fourth-order valence-corrected chi connectivity index (χ4v) is 2.71. The van der Waals surface area contributed by atoms with Gasteiger partial charge in [0.2, 0.25) is 0 Å². The van der Waals surface area contributed by atoms with E-state index in [0.717, 1.165) is 12.0 Å². The maximum Gasteiger partial charge on any atom is 0.410 e. The molecular formula is C17H23NO4. The number of hydrogen-bond donors (Lipinski definition) is 1. The second-order valence-electron chi connectivity index (χ2n) is 6.75. The van der Waals surface area contributed by atoms with E-state index in [0.29, 0.717) is 25.1 Å². The Morgan fingerprint density at radius 2 is 2.00 bits per heavy atom. The standard InChI is InChI=1S/C17H23NO4/c1-17(2,3)22-16(21)18-9-8-12(11-18)10-13-6-4-5-7-14(13)15(19)20/h4-7,12H,8-11H2,1-3H3,(H,19,20). The second-order valence-corrected chi connectivity index (χ2v) is 6.75. The second kappa shape index (κ2) is 6.38. The minimum atomic E-state index is -0.905. The number of amides is 1. The molecule has 5 nitrogen and oxygen atoms in total. The highest BCUT2D eigenvalue weighted by Gasteiger charge is 2.30. The van der Waals surface area contributed by atoms with Crippen LogP contribution in [0.2, 0.25) is 0 Å². The zero-order valence-corrected chi connectivity index (χ0v) is 13.3. The zero-order valence-electron chi connectivity index (χ0n) is 13.3. The Labute approximate surface area is 130 Å². The number of carbonyl (C=O) groups is 2. The summed E-state index contributed by atoms with van der Waals surface area (Å²) in [7, 11) is 0. The number of carboxylic acid groups (broad SMARTS) is 1. The van der Waals surface area contributed by atoms with E-state index in [1.165, 1.54) is 0 Å². The van der Waals surface area contributed by atoms with Crippen molar-refractivity contribution in [1.29, 1.82) is 0 Å². The van der Waals surface area contributed by atoms with Crippen molar-refractivity contribution in [3.8, 4) is 0 Å². The molecule has 5 heteroatoms. The minimum Gasteiger partial charge on any atom is -0.478 e. The molecule has 0 bridgehead atoms. The minimum absolute atomic E-state index is 0.271. The van der Waals surface area contributed by atoms with Gasteiger partial charge in [0.25, 0.3) is 0 Å². The third-order valence-electron chi connectivity index (χ3n) is 3.69. The predicted molar refractivity (Wildman–Crippen MR) is 83.0 cm³/mol. The summed E-state index contributed by atoms with van der Waals surface area (Å²) in [6, 6.07) is 7.05. The van der Waals surface area contributed by atoms with Crippen molar-refractivity contribution in [2.75, 3.05) is 13.1 Å². The van der Waals surface area contributed by atoms with Gasteiger partial charge in [-0.2, -0.15) is 0 Å². The van der Waals surface area contributed by atoms with Gasteiger partial charge in [0.15, 0.2) is 0 Å². The number of benzene rings is 1. The monoisotopic (exact) mass is 305 g/mol. The summed E-state index contributed by atoms with van der Waals surface area (Å²) in [4.78, 5) is 25.0. The normalized spacial score (nSPS) is 18.3. The van der Waals surface area contributed by atoms with Crippen LogP contribution >= 0.6 is 0 Å². The molecule has 0 spiro atoms. The number of carboxylic acids is 1. The predicted octanol–water partition coefficient (Wildman–Crippen LogP) is 3.18. The Kier molecular flexibility index (Phi) is 4.74. The summed E-state index contributed by atoms with van der Waals surface area (Å²) in [6.07, 6.45) is 1.25. The highest BCUT2D eigenvalue weighted by atomic mass is 16.6. The van der Waals surface area contributed by atoms with Crippen molar-refractivity contribution in [3.05, 3.63) is 35.4 Å². The molecule has 1 fully saturated rings. The van der Waals surface area contributed by atoms with Crippen LogP contribution in [0.3, 0.4) is 0 Å². The third-order valence-corrected chi connectivity index (χ3v) is 3.69. The highest BCUT2D eigenvalue weighted by Crippen LogP contribution is 2.24. The molecule has 1 unspecified atom stereocenters. The molecular weight excluding hydrogens is 282 g/mol. The molecule has 22 heavy (non-hydrogen) atoms. The maximum atomic E-state index is 12.0. The van der Waals surface area contributed by atoms with E-state index in [1.54, 1.807) is 17.0 Å². The summed E-state index contributed by atoms with van der Waals surface area (Å²) in [5, 5.41) is 9.22. The number of likely N-dealkylation sites (tertiary alicyclic amines) is 1. The third kappa shape index (κ3) is 4.23. The Hall–Kier alpha value is -2.04. The molecule has 0 aromatic heterocycles. The van der Waals surface area contributed by atoms with Crippen molar-refractivity contribution < 1.29 is 19.4 Å². The van der Waals surface area contributed by atoms with Crippen LogP contribution in [0.5, 0.6) is 0 Å². The molecule has 0 radical (unpaired) electrons. The lowest BCUT2D eigenvalue weighted by atomic mass is 9.95. The van der Waals surface area contributed by atoms with Crippen LogP contribution in [0.4, 0.5) is 4.79 Å². The Morgan fingerprint density at radius 1 is 1.32 bits per heavy atom. The first kappa shape index (κ1) is 16.3. The molecule has 120 valence electrons. The van der Waals surface area contributed by atoms with Gasteiger partial charge in [-0.3, -0.25) is 0 Å². The van der Waals surface area contributed by atoms with Crippen molar-refractivity contribution in [2.24, 2.45) is 5.92 Å². The molecule has 1 aromatic carbocycles. The van der Waals surface area contributed by atoms with Crippen LogP contribution in [-0.2, 0) is 11.2 Å². The number of carbonyl (C=O) groups excluding carboxylic acids is 1. The summed E-state index contributed by atoms with van der Waals surface area (Å²) < 4.78 is 5.38. The fraction of sp³-hybridized carbons (Fsp3) is 0.529. The fourth-order valence-electron chi connectivity index (χ4n) is 2.71. The summed E-state index contributed by atoms with van der Waals surface area (Å²) in [5.74, 6) is -0.634. The summed E-state index contributed by atoms with van der Waals surface area (Å²) in [6.45, 7) is 6.82. The average molecular weight is 305 g/mol. The average Bonchev–Trinajstić information content (AvgIpc) is 2.86. The smallest absolute Gasteiger partial charge is 0.410 e. The zero-order chi connectivity index (χ0) is 16.3. The van der Waals surface area contributed by atoms with Gasteiger partial charge in [-0.1, -0.05) is 18.2 Å². The molecule has 2 rings (SSSR count). The van der Waals surface area contributed by atoms with Gasteiger partial charge in [0.05, 0.1) is 5.56 Å². The lowest BCUT2D eigenvalue weighted by molar-refractivity contribution is 0.0287. The lowest BCUT2D eigenvalue weighted by Crippen LogP contribution is -2.35. The first-order chi connectivity index (χ1) is 10.3. The van der Waals surface area contributed by atoms with E-state index < -0.39 is 11.6 Å². The van der Waals surface area contributed by atoms with E-state index >= 15 is 0 Å². The first-order valence-corrected chi connectivity index (χ1v) is 7.55. The number of hydrogen-bond acceptors (Lipinski definition) is 3. The summed E-state index contributed by atoms with van der Waals surface area (Å²) >= 11 is 0. The van der Waals surface area contributed by atoms with Crippen LogP contribution in [0.25, 0.3) is 0 Å². The van der Waals surface area contributed by atoms with Crippen molar-refractivity contribution >= 4 is 12.1 Å². The van der Waals surface area contributed by atoms with Gasteiger partial charge in [-0.15, -0.1) is 0 Å². The largest absolute Gasteiger partial charge is 0.478 e. The van der Waals surface area contributed by atoms with Gasteiger partial charge >= 0.3 is 12.1 Å². The molecule has 1 aliphatic rings. The van der Waals surface area contributed by atoms with E-state index in [9.17, 15) is 14.7 Å².